The Hall–Kier alpha value is -4.08. The first kappa shape index (κ1) is 23.7. The van der Waals surface area contributed by atoms with Crippen molar-refractivity contribution in [1.29, 1.82) is 0 Å². The normalized spacial score (nSPS) is 17.9. The maximum absolute atomic E-state index is 13.0. The Morgan fingerprint density at radius 1 is 1.19 bits per heavy atom. The van der Waals surface area contributed by atoms with Gasteiger partial charge in [-0.05, 0) is 48.6 Å². The fraction of sp³-hybridized carbons (Fsp3) is 0.385. The van der Waals surface area contributed by atoms with E-state index >= 15 is 0 Å². The van der Waals surface area contributed by atoms with Crippen molar-refractivity contribution in [2.75, 3.05) is 18.4 Å². The first-order valence-electron chi connectivity index (χ1n) is 12.2. The number of hydrogen-bond donors (Lipinski definition) is 4. The molecule has 0 saturated carbocycles. The van der Waals surface area contributed by atoms with E-state index in [4.69, 9.17) is 0 Å². The molecule has 1 saturated heterocycles. The fourth-order valence-corrected chi connectivity index (χ4v) is 5.24. The Bertz CT molecular complexity index is 1310. The molecule has 2 unspecified atom stereocenters. The summed E-state index contributed by atoms with van der Waals surface area (Å²) in [6.07, 6.45) is 2.97. The Kier molecular flexibility index (Phi) is 6.26. The van der Waals surface area contributed by atoms with E-state index in [-0.39, 0.29) is 12.1 Å². The second-order valence-electron chi connectivity index (χ2n) is 9.66. The number of fused-ring (bicyclic) bond motifs is 2. The molecule has 2 aromatic carbocycles. The van der Waals surface area contributed by atoms with Gasteiger partial charge in [0.2, 0.25) is 0 Å². The summed E-state index contributed by atoms with van der Waals surface area (Å²) in [7, 11) is 0. The van der Waals surface area contributed by atoms with E-state index in [2.05, 4.69) is 20.8 Å². The van der Waals surface area contributed by atoms with E-state index in [9.17, 15) is 19.5 Å². The van der Waals surface area contributed by atoms with Crippen LogP contribution in [-0.4, -0.2) is 68.3 Å². The van der Waals surface area contributed by atoms with Crippen molar-refractivity contribution in [1.82, 2.24) is 25.3 Å². The smallest absolute Gasteiger partial charge is 0.326 e. The molecule has 2 aliphatic heterocycles. The molecule has 36 heavy (non-hydrogen) atoms. The van der Waals surface area contributed by atoms with Crippen LogP contribution in [0.3, 0.4) is 0 Å². The molecule has 0 radical (unpaired) electrons. The first-order valence-corrected chi connectivity index (χ1v) is 12.2. The number of nitrogens with zero attached hydrogens (tertiary/aromatic N) is 3. The molecule has 1 fully saturated rings. The molecule has 10 nitrogen and oxygen atoms in total. The topological polar surface area (TPSA) is 131 Å². The summed E-state index contributed by atoms with van der Waals surface area (Å²) in [5.41, 5.74) is 4.61. The number of para-hydroxylation sites is 1. The Morgan fingerprint density at radius 2 is 1.94 bits per heavy atom. The van der Waals surface area contributed by atoms with E-state index in [1.165, 1.54) is 0 Å². The van der Waals surface area contributed by atoms with Crippen molar-refractivity contribution >= 4 is 34.6 Å². The number of urea groups is 2. The number of anilines is 1. The molecule has 1 aromatic heterocycles. The van der Waals surface area contributed by atoms with Crippen LogP contribution in [0, 0.1) is 6.92 Å². The van der Waals surface area contributed by atoms with Gasteiger partial charge in [0.15, 0.2) is 0 Å². The van der Waals surface area contributed by atoms with E-state index in [1.807, 2.05) is 48.2 Å². The highest BCUT2D eigenvalue weighted by Gasteiger charge is 2.34. The van der Waals surface area contributed by atoms with Crippen LogP contribution in [0.15, 0.2) is 42.6 Å². The van der Waals surface area contributed by atoms with E-state index in [0.717, 1.165) is 33.3 Å². The average molecular weight is 491 g/mol. The second kappa shape index (κ2) is 9.52. The largest absolute Gasteiger partial charge is 0.480 e. The van der Waals surface area contributed by atoms with Crippen molar-refractivity contribution in [3.8, 4) is 0 Å². The monoisotopic (exact) mass is 490 g/mol. The number of amides is 4. The van der Waals surface area contributed by atoms with Gasteiger partial charge in [-0.1, -0.05) is 31.2 Å². The van der Waals surface area contributed by atoms with E-state index < -0.39 is 24.0 Å². The number of benzene rings is 2. The van der Waals surface area contributed by atoms with Crippen LogP contribution in [0.4, 0.5) is 15.3 Å². The molecule has 2 atom stereocenters. The van der Waals surface area contributed by atoms with Crippen molar-refractivity contribution in [2.24, 2.45) is 0 Å². The van der Waals surface area contributed by atoms with Crippen LogP contribution in [-0.2, 0) is 11.3 Å². The quantitative estimate of drug-likeness (QED) is 0.434. The van der Waals surface area contributed by atoms with Gasteiger partial charge < -0.3 is 25.5 Å². The molecule has 2 aliphatic rings. The third-order valence-corrected chi connectivity index (χ3v) is 7.39. The molecule has 4 amide bonds. The summed E-state index contributed by atoms with van der Waals surface area (Å²) in [4.78, 5) is 41.3. The standard InChI is InChI=1S/C26H30N6O4/c1-15-11-18(12-19-13-27-30-22(15)19)16(2)23(24(33)34)29-25(35)31-9-7-20(8-10-31)32-14-17-5-3-4-6-21(17)28-26(32)36/h3-6,11-13,16,20,23H,7-10,14H2,1-2H3,(H,27,30)(H,28,36)(H,29,35)(H,33,34). The number of aromatic nitrogens is 2. The second-order valence-corrected chi connectivity index (χ2v) is 9.66. The van der Waals surface area contributed by atoms with Gasteiger partial charge in [-0.25, -0.2) is 14.4 Å². The summed E-state index contributed by atoms with van der Waals surface area (Å²) in [5, 5.41) is 23.5. The Labute approximate surface area is 208 Å². The lowest BCUT2D eigenvalue weighted by Crippen LogP contribution is -2.55. The molecule has 5 rings (SSSR count). The number of carboxylic acid groups (broad SMARTS) is 1. The number of aliphatic carboxylic acids is 1. The average Bonchev–Trinajstić information content (AvgIpc) is 3.36. The van der Waals surface area contributed by atoms with Gasteiger partial charge in [-0.15, -0.1) is 0 Å². The summed E-state index contributed by atoms with van der Waals surface area (Å²) in [6, 6.07) is 10.00. The Morgan fingerprint density at radius 3 is 2.69 bits per heavy atom. The lowest BCUT2D eigenvalue weighted by Gasteiger charge is -2.40. The molecule has 3 aromatic rings. The zero-order valence-electron chi connectivity index (χ0n) is 20.3. The van der Waals surface area contributed by atoms with E-state index in [0.29, 0.717) is 32.5 Å². The van der Waals surface area contributed by atoms with Crippen molar-refractivity contribution in [2.45, 2.75) is 51.2 Å². The van der Waals surface area contributed by atoms with Gasteiger partial charge in [0, 0.05) is 42.7 Å². The summed E-state index contributed by atoms with van der Waals surface area (Å²) in [6.45, 7) is 5.18. The molecule has 188 valence electrons. The number of aryl methyl sites for hydroxylation is 1. The minimum atomic E-state index is -1.08. The number of carbonyl (C=O) groups is 3. The van der Waals surface area contributed by atoms with Gasteiger partial charge in [0.05, 0.1) is 11.7 Å². The number of likely N-dealkylation sites (tertiary alicyclic amines) is 1. The van der Waals surface area contributed by atoms with Crippen LogP contribution in [0.5, 0.6) is 0 Å². The molecule has 3 heterocycles. The lowest BCUT2D eigenvalue weighted by atomic mass is 9.91. The third-order valence-electron chi connectivity index (χ3n) is 7.39. The molecule has 4 N–H and O–H groups in total. The number of hydrogen-bond acceptors (Lipinski definition) is 4. The number of nitrogens with one attached hydrogen (secondary N) is 3. The highest BCUT2D eigenvalue weighted by Crippen LogP contribution is 2.29. The van der Waals surface area contributed by atoms with Gasteiger partial charge in [-0.2, -0.15) is 5.10 Å². The molecule has 0 spiro atoms. The number of rotatable bonds is 5. The number of piperidine rings is 1. The molecule has 0 aliphatic carbocycles. The van der Waals surface area contributed by atoms with Gasteiger partial charge >= 0.3 is 18.0 Å². The minimum absolute atomic E-state index is 0.0151. The van der Waals surface area contributed by atoms with Crippen LogP contribution < -0.4 is 10.6 Å². The van der Waals surface area contributed by atoms with Crippen molar-refractivity contribution < 1.29 is 19.5 Å². The zero-order chi connectivity index (χ0) is 25.4. The highest BCUT2D eigenvalue weighted by molar-refractivity contribution is 5.92. The molecular weight excluding hydrogens is 460 g/mol. The first-order chi connectivity index (χ1) is 17.3. The number of aromatic amines is 1. The lowest BCUT2D eigenvalue weighted by molar-refractivity contribution is -0.139. The molecule has 0 bridgehead atoms. The van der Waals surface area contributed by atoms with Crippen molar-refractivity contribution in [3.05, 3.63) is 59.3 Å². The SMILES string of the molecule is Cc1cc(C(C)C(NC(=O)N2CCC(N3Cc4ccccc4NC3=O)CC2)C(=O)O)cc2cn[nH]c12. The van der Waals surface area contributed by atoms with Gasteiger partial charge in [-0.3, -0.25) is 5.10 Å². The highest BCUT2D eigenvalue weighted by atomic mass is 16.4. The van der Waals surface area contributed by atoms with Crippen LogP contribution in [0.25, 0.3) is 10.9 Å². The summed E-state index contributed by atoms with van der Waals surface area (Å²) >= 11 is 0. The fourth-order valence-electron chi connectivity index (χ4n) is 5.24. The van der Waals surface area contributed by atoms with E-state index in [1.54, 1.807) is 18.0 Å². The Balaban J connectivity index is 1.22. The molecule has 10 heteroatoms. The summed E-state index contributed by atoms with van der Waals surface area (Å²) < 4.78 is 0. The number of H-pyrrole nitrogens is 1. The van der Waals surface area contributed by atoms with Gasteiger partial charge in [0.25, 0.3) is 0 Å². The zero-order valence-corrected chi connectivity index (χ0v) is 20.3. The maximum Gasteiger partial charge on any atom is 0.326 e. The van der Waals surface area contributed by atoms with Crippen LogP contribution >= 0.6 is 0 Å². The predicted molar refractivity (Wildman–Crippen MR) is 135 cm³/mol. The summed E-state index contributed by atoms with van der Waals surface area (Å²) in [5.74, 6) is -1.53. The third kappa shape index (κ3) is 4.46. The van der Waals surface area contributed by atoms with Crippen molar-refractivity contribution in [3.63, 3.8) is 0 Å². The van der Waals surface area contributed by atoms with Gasteiger partial charge in [0.1, 0.15) is 6.04 Å². The predicted octanol–water partition coefficient (Wildman–Crippen LogP) is 3.65. The number of carboxylic acids is 1. The minimum Gasteiger partial charge on any atom is -0.480 e. The van der Waals surface area contributed by atoms with Crippen LogP contribution in [0.2, 0.25) is 0 Å². The van der Waals surface area contributed by atoms with Crippen LogP contribution in [0.1, 0.15) is 42.4 Å². The molecular formula is C26H30N6O4. The maximum atomic E-state index is 13.0. The number of carbonyl (C=O) groups excluding carboxylic acids is 2.